The first-order valence-corrected chi connectivity index (χ1v) is 8.62. The van der Waals surface area contributed by atoms with E-state index in [9.17, 15) is 4.79 Å². The minimum absolute atomic E-state index is 0.242. The molecule has 3 nitrogen and oxygen atoms in total. The predicted molar refractivity (Wildman–Crippen MR) is 99.5 cm³/mol. The first-order valence-electron chi connectivity index (χ1n) is 8.62. The Labute approximate surface area is 141 Å². The van der Waals surface area contributed by atoms with Gasteiger partial charge in [-0.15, -0.1) is 0 Å². The Morgan fingerprint density at radius 1 is 1.30 bits per heavy atom. The predicted octanol–water partition coefficient (Wildman–Crippen LogP) is 4.74. The summed E-state index contributed by atoms with van der Waals surface area (Å²) < 4.78 is 0. The van der Waals surface area contributed by atoms with Gasteiger partial charge in [0.15, 0.2) is 0 Å². The average molecular weight is 314 g/mol. The molecule has 1 rings (SSSR count). The number of allylic oxidation sites excluding steroid dienone is 6. The Kier molecular flexibility index (Phi) is 8.96. The minimum atomic E-state index is -0.242. The summed E-state index contributed by atoms with van der Waals surface area (Å²) in [4.78, 5) is 16.0. The molecule has 0 bridgehead atoms. The van der Waals surface area contributed by atoms with E-state index < -0.39 is 0 Å². The molecule has 1 N–H and O–H groups in total. The fourth-order valence-corrected chi connectivity index (χ4v) is 2.78. The van der Waals surface area contributed by atoms with Crippen molar-refractivity contribution >= 4 is 11.6 Å². The fourth-order valence-electron chi connectivity index (χ4n) is 2.78. The van der Waals surface area contributed by atoms with E-state index in [0.29, 0.717) is 5.92 Å². The van der Waals surface area contributed by atoms with Crippen LogP contribution in [0.3, 0.4) is 0 Å². The highest BCUT2D eigenvalue weighted by Crippen LogP contribution is 2.24. The summed E-state index contributed by atoms with van der Waals surface area (Å²) in [6, 6.07) is 0. The van der Waals surface area contributed by atoms with E-state index in [1.165, 1.54) is 32.1 Å². The lowest BCUT2D eigenvalue weighted by molar-refractivity contribution is -0.117. The molecule has 0 aromatic heterocycles. The lowest BCUT2D eigenvalue weighted by atomic mass is 9.89. The van der Waals surface area contributed by atoms with E-state index in [4.69, 9.17) is 0 Å². The van der Waals surface area contributed by atoms with Gasteiger partial charge in [-0.1, -0.05) is 63.1 Å². The molecule has 0 aliphatic heterocycles. The Balaban J connectivity index is 2.90. The maximum atomic E-state index is 11.6. The van der Waals surface area contributed by atoms with Crippen molar-refractivity contribution in [2.24, 2.45) is 10.9 Å². The molecule has 0 saturated heterocycles. The van der Waals surface area contributed by atoms with Gasteiger partial charge >= 0.3 is 0 Å². The van der Waals surface area contributed by atoms with Crippen LogP contribution in [-0.2, 0) is 4.79 Å². The van der Waals surface area contributed by atoms with Gasteiger partial charge in [-0.3, -0.25) is 4.79 Å². The summed E-state index contributed by atoms with van der Waals surface area (Å²) >= 11 is 0. The van der Waals surface area contributed by atoms with E-state index in [1.54, 1.807) is 7.05 Å². The molecule has 0 radical (unpaired) electrons. The monoisotopic (exact) mass is 314 g/mol. The van der Waals surface area contributed by atoms with Gasteiger partial charge in [0.2, 0.25) is 0 Å². The number of amides is 1. The minimum Gasteiger partial charge on any atom is -0.354 e. The van der Waals surface area contributed by atoms with Crippen molar-refractivity contribution in [3.05, 3.63) is 48.2 Å². The van der Waals surface area contributed by atoms with Crippen molar-refractivity contribution in [2.45, 2.75) is 52.4 Å². The SMILES string of the molecule is C=C(N=C(CC)C(/C=C\C)=C/C=C/C1CCCCC1)C(=O)NC. The normalized spacial score (nSPS) is 17.9. The van der Waals surface area contributed by atoms with Crippen LogP contribution in [0, 0.1) is 5.92 Å². The smallest absolute Gasteiger partial charge is 0.269 e. The highest BCUT2D eigenvalue weighted by Gasteiger charge is 2.10. The highest BCUT2D eigenvalue weighted by atomic mass is 16.1. The van der Waals surface area contributed by atoms with Crippen molar-refractivity contribution in [1.29, 1.82) is 0 Å². The summed E-state index contributed by atoms with van der Waals surface area (Å²) in [6.07, 6.45) is 18.0. The zero-order chi connectivity index (χ0) is 17.1. The van der Waals surface area contributed by atoms with Crippen molar-refractivity contribution in [3.63, 3.8) is 0 Å². The topological polar surface area (TPSA) is 41.5 Å². The van der Waals surface area contributed by atoms with Crippen molar-refractivity contribution in [3.8, 4) is 0 Å². The molecule has 1 fully saturated rings. The maximum Gasteiger partial charge on any atom is 0.269 e. The molecule has 0 unspecified atom stereocenters. The highest BCUT2D eigenvalue weighted by molar-refractivity contribution is 6.06. The largest absolute Gasteiger partial charge is 0.354 e. The van der Waals surface area contributed by atoms with E-state index in [0.717, 1.165) is 17.7 Å². The van der Waals surface area contributed by atoms with Gasteiger partial charge in [0.1, 0.15) is 5.70 Å². The summed E-state index contributed by atoms with van der Waals surface area (Å²) in [5, 5.41) is 2.55. The quantitative estimate of drug-likeness (QED) is 0.412. The molecule has 0 heterocycles. The van der Waals surface area contributed by atoms with E-state index in [1.807, 2.05) is 26.0 Å². The molecule has 1 amide bonds. The summed E-state index contributed by atoms with van der Waals surface area (Å²) in [5.41, 5.74) is 2.16. The van der Waals surface area contributed by atoms with Crippen LogP contribution < -0.4 is 5.32 Å². The molecule has 3 heteroatoms. The first kappa shape index (κ1) is 19.1. The third-order valence-electron chi connectivity index (χ3n) is 4.08. The maximum absolute atomic E-state index is 11.6. The zero-order valence-electron chi connectivity index (χ0n) is 14.8. The number of hydrogen-bond acceptors (Lipinski definition) is 2. The third-order valence-corrected chi connectivity index (χ3v) is 4.08. The molecule has 126 valence electrons. The van der Waals surface area contributed by atoms with Crippen LogP contribution in [0.2, 0.25) is 0 Å². The Morgan fingerprint density at radius 3 is 2.57 bits per heavy atom. The summed E-state index contributed by atoms with van der Waals surface area (Å²) in [5.74, 6) is 0.461. The summed E-state index contributed by atoms with van der Waals surface area (Å²) in [7, 11) is 1.59. The Morgan fingerprint density at radius 2 is 2.00 bits per heavy atom. The molecule has 0 atom stereocenters. The molecule has 1 aliphatic rings. The molecule has 1 saturated carbocycles. The second kappa shape index (κ2) is 10.8. The zero-order valence-corrected chi connectivity index (χ0v) is 14.8. The lowest BCUT2D eigenvalue weighted by Crippen LogP contribution is -2.19. The van der Waals surface area contributed by atoms with Crippen LogP contribution >= 0.6 is 0 Å². The van der Waals surface area contributed by atoms with E-state index in [2.05, 4.69) is 35.1 Å². The lowest BCUT2D eigenvalue weighted by Gasteiger charge is -2.17. The molecule has 0 aromatic carbocycles. The first-order chi connectivity index (χ1) is 11.1. The Hall–Kier alpha value is -1.90. The van der Waals surface area contributed by atoms with E-state index in [-0.39, 0.29) is 11.6 Å². The van der Waals surface area contributed by atoms with Crippen molar-refractivity contribution in [2.75, 3.05) is 7.05 Å². The number of nitrogens with one attached hydrogen (secondary N) is 1. The fraction of sp³-hybridized carbons (Fsp3) is 0.500. The molecule has 23 heavy (non-hydrogen) atoms. The van der Waals surface area contributed by atoms with Gasteiger partial charge in [-0.25, -0.2) is 4.99 Å². The second-order valence-corrected chi connectivity index (χ2v) is 5.84. The molecular formula is C20H30N2O. The van der Waals surface area contributed by atoms with Crippen molar-refractivity contribution < 1.29 is 4.79 Å². The van der Waals surface area contributed by atoms with Crippen LogP contribution in [0.4, 0.5) is 0 Å². The van der Waals surface area contributed by atoms with Gasteiger partial charge in [-0.05, 0) is 37.7 Å². The number of aliphatic imine (C=N–C) groups is 1. The molecular weight excluding hydrogens is 284 g/mol. The molecule has 0 spiro atoms. The average Bonchev–Trinajstić information content (AvgIpc) is 2.59. The third kappa shape index (κ3) is 6.81. The van der Waals surface area contributed by atoms with E-state index >= 15 is 0 Å². The van der Waals surface area contributed by atoms with Gasteiger partial charge < -0.3 is 5.32 Å². The van der Waals surface area contributed by atoms with Gasteiger partial charge in [0.25, 0.3) is 5.91 Å². The number of likely N-dealkylation sites (N-methyl/N-ethyl adjacent to an activating group) is 1. The van der Waals surface area contributed by atoms with Crippen LogP contribution in [0.25, 0.3) is 0 Å². The molecule has 0 aromatic rings. The van der Waals surface area contributed by atoms with Crippen molar-refractivity contribution in [1.82, 2.24) is 5.32 Å². The molecule has 1 aliphatic carbocycles. The van der Waals surface area contributed by atoms with Crippen LogP contribution in [0.15, 0.2) is 53.2 Å². The number of nitrogens with zero attached hydrogens (tertiary/aromatic N) is 1. The van der Waals surface area contributed by atoms with Gasteiger partial charge in [0.05, 0.1) is 0 Å². The number of hydrogen-bond donors (Lipinski definition) is 1. The van der Waals surface area contributed by atoms with Gasteiger partial charge in [-0.2, -0.15) is 0 Å². The number of carbonyl (C=O) groups excluding carboxylic acids is 1. The van der Waals surface area contributed by atoms with Crippen LogP contribution in [-0.4, -0.2) is 18.7 Å². The second-order valence-electron chi connectivity index (χ2n) is 5.84. The number of rotatable bonds is 7. The van der Waals surface area contributed by atoms with Crippen LogP contribution in [0.5, 0.6) is 0 Å². The summed E-state index contributed by atoms with van der Waals surface area (Å²) in [6.45, 7) is 7.77. The van der Waals surface area contributed by atoms with Gasteiger partial charge in [0, 0.05) is 12.8 Å². The van der Waals surface area contributed by atoms with Crippen LogP contribution in [0.1, 0.15) is 52.4 Å². The standard InChI is InChI=1S/C20H30N2O/c1-5-11-18(15-10-14-17-12-8-7-9-13-17)19(6-2)22-16(3)20(23)21-4/h5,10-11,14-15,17H,3,6-9,12-13H2,1-2,4H3,(H,21,23)/b11-5-,14-10+,18-15+,22-19?. The Bertz CT molecular complexity index is 518. The number of carbonyl (C=O) groups is 1.